The number of unbranched alkanes of at least 4 members (excludes halogenated alkanes) is 3. The molecule has 302 valence electrons. The maximum absolute atomic E-state index is 14.0. The van der Waals surface area contributed by atoms with Crippen LogP contribution >= 0.6 is 0 Å². The molecular weight excluding hydrogens is 701 g/mol. The van der Waals surface area contributed by atoms with Crippen LogP contribution in [0.5, 0.6) is 0 Å². The number of hydrogen-bond donors (Lipinski definition) is 0. The molecule has 0 N–H and O–H groups in total. The summed E-state index contributed by atoms with van der Waals surface area (Å²) in [6, 6.07) is 2.03. The van der Waals surface area contributed by atoms with E-state index in [1.54, 1.807) is 9.80 Å². The topological polar surface area (TPSA) is 93.2 Å². The van der Waals surface area contributed by atoms with Crippen molar-refractivity contribution < 1.29 is 27.4 Å². The number of carbonyl (C=O) groups is 4. The van der Waals surface area contributed by atoms with E-state index < -0.39 is 25.2 Å². The van der Waals surface area contributed by atoms with Gasteiger partial charge in [0.1, 0.15) is 0 Å². The molecule has 0 saturated carbocycles. The Kier molecular flexibility index (Phi) is 18.2. The van der Waals surface area contributed by atoms with Gasteiger partial charge >= 0.3 is 8.56 Å². The van der Waals surface area contributed by atoms with E-state index in [0.29, 0.717) is 25.4 Å². The summed E-state index contributed by atoms with van der Waals surface area (Å²) in [5, 5.41) is 0. The molecule has 2 heterocycles. The average molecular weight is 781 g/mol. The summed E-state index contributed by atoms with van der Waals surface area (Å²) in [4.78, 5) is 57.2. The number of hydrogen-bond acceptors (Lipinski definition) is 6. The van der Waals surface area contributed by atoms with Gasteiger partial charge in [-0.1, -0.05) is 99.8 Å². The molecule has 0 spiro atoms. The SMILES string of the molecule is CCCCC(CC)CN1C(=O)CC(C(C)(C)CCCC(C)(CCCC)C2CC(=O)N(CCC[Si](C)(C)O[Si](C)(C)O[Si](C)(C)CCCC)C2=O)C1=O. The third-order valence-electron chi connectivity index (χ3n) is 12.3. The summed E-state index contributed by atoms with van der Waals surface area (Å²) in [6.07, 6.45) is 13.4. The molecule has 2 rings (SSSR count). The van der Waals surface area contributed by atoms with E-state index in [9.17, 15) is 19.2 Å². The first-order valence-electron chi connectivity index (χ1n) is 21.2. The summed E-state index contributed by atoms with van der Waals surface area (Å²) in [6.45, 7) is 29.7. The van der Waals surface area contributed by atoms with E-state index in [-0.39, 0.29) is 52.7 Å². The molecule has 0 aromatic carbocycles. The number of rotatable bonds is 26. The second-order valence-corrected chi connectivity index (χ2v) is 31.6. The van der Waals surface area contributed by atoms with Gasteiger partial charge in [0.2, 0.25) is 23.6 Å². The Balaban J connectivity index is 2.03. The van der Waals surface area contributed by atoms with Crippen LogP contribution in [-0.2, 0) is 27.4 Å². The second-order valence-electron chi connectivity index (χ2n) is 19.1. The summed E-state index contributed by atoms with van der Waals surface area (Å²) in [7, 11) is -6.16. The Morgan fingerprint density at radius 1 is 0.654 bits per heavy atom. The highest BCUT2D eigenvalue weighted by atomic mass is 28.5. The molecule has 4 amide bonds. The molecule has 8 nitrogen and oxygen atoms in total. The van der Waals surface area contributed by atoms with E-state index >= 15 is 0 Å². The molecular formula is C41H80N2O6Si3. The van der Waals surface area contributed by atoms with Gasteiger partial charge in [0.05, 0.1) is 11.8 Å². The molecule has 0 radical (unpaired) electrons. The van der Waals surface area contributed by atoms with Gasteiger partial charge in [-0.2, -0.15) is 0 Å². The number of likely N-dealkylation sites (tertiary alicyclic amines) is 2. The first-order valence-corrected chi connectivity index (χ1v) is 30.2. The smallest absolute Gasteiger partial charge is 0.311 e. The fourth-order valence-corrected chi connectivity index (χ4v) is 23.2. The summed E-state index contributed by atoms with van der Waals surface area (Å²) < 4.78 is 13.5. The van der Waals surface area contributed by atoms with Gasteiger partial charge in [-0.15, -0.1) is 0 Å². The van der Waals surface area contributed by atoms with Crippen LogP contribution in [0.25, 0.3) is 0 Å². The maximum Gasteiger partial charge on any atom is 0.311 e. The number of imide groups is 2. The van der Waals surface area contributed by atoms with Gasteiger partial charge in [-0.05, 0) is 100 Å². The lowest BCUT2D eigenvalue weighted by atomic mass is 9.67. The zero-order valence-electron chi connectivity index (χ0n) is 36.0. The number of nitrogens with zero attached hydrogens (tertiary/aromatic N) is 2. The van der Waals surface area contributed by atoms with Gasteiger partial charge in [0, 0.05) is 25.9 Å². The number of carbonyl (C=O) groups excluding carboxylic acids is 4. The lowest BCUT2D eigenvalue weighted by Crippen LogP contribution is -2.52. The first kappa shape index (κ1) is 47.0. The lowest BCUT2D eigenvalue weighted by molar-refractivity contribution is -0.142. The van der Waals surface area contributed by atoms with Crippen molar-refractivity contribution in [2.45, 2.75) is 196 Å². The minimum Gasteiger partial charge on any atom is -0.437 e. The van der Waals surface area contributed by atoms with Gasteiger partial charge in [0.25, 0.3) is 0 Å². The molecule has 2 fully saturated rings. The van der Waals surface area contributed by atoms with Gasteiger partial charge < -0.3 is 8.23 Å². The molecule has 4 unspecified atom stereocenters. The Hall–Kier alpha value is -1.15. The van der Waals surface area contributed by atoms with Crippen molar-refractivity contribution in [2.75, 3.05) is 13.1 Å². The van der Waals surface area contributed by atoms with E-state index in [1.165, 1.54) is 12.8 Å². The van der Waals surface area contributed by atoms with Crippen molar-refractivity contribution in [3.8, 4) is 0 Å². The van der Waals surface area contributed by atoms with Crippen LogP contribution in [0.2, 0.25) is 51.4 Å². The molecule has 0 bridgehead atoms. The molecule has 0 aromatic rings. The zero-order chi connectivity index (χ0) is 39.5. The lowest BCUT2D eigenvalue weighted by Gasteiger charge is -2.39. The molecule has 2 aliphatic heterocycles. The van der Waals surface area contributed by atoms with Crippen LogP contribution in [0.3, 0.4) is 0 Å². The second kappa shape index (κ2) is 20.1. The molecule has 4 atom stereocenters. The van der Waals surface area contributed by atoms with Crippen molar-refractivity contribution in [1.29, 1.82) is 0 Å². The van der Waals surface area contributed by atoms with E-state index in [4.69, 9.17) is 8.23 Å². The molecule has 2 aliphatic rings. The molecule has 11 heteroatoms. The Morgan fingerprint density at radius 2 is 1.15 bits per heavy atom. The predicted molar refractivity (Wildman–Crippen MR) is 222 cm³/mol. The van der Waals surface area contributed by atoms with Gasteiger partial charge in [-0.3, -0.25) is 29.0 Å². The van der Waals surface area contributed by atoms with Crippen molar-refractivity contribution >= 4 is 48.8 Å². The highest BCUT2D eigenvalue weighted by Gasteiger charge is 2.50. The van der Waals surface area contributed by atoms with E-state index in [1.807, 2.05) is 0 Å². The zero-order valence-corrected chi connectivity index (χ0v) is 39.0. The Morgan fingerprint density at radius 3 is 1.71 bits per heavy atom. The predicted octanol–water partition coefficient (Wildman–Crippen LogP) is 10.7. The summed E-state index contributed by atoms with van der Waals surface area (Å²) in [5.41, 5.74) is -0.615. The monoisotopic (exact) mass is 781 g/mol. The fourth-order valence-electron chi connectivity index (χ4n) is 9.02. The normalized spacial score (nSPS) is 21.1. The third kappa shape index (κ3) is 13.9. The highest BCUT2D eigenvalue weighted by molar-refractivity contribution is 6.87. The van der Waals surface area contributed by atoms with Crippen molar-refractivity contribution in [2.24, 2.45) is 28.6 Å². The quantitative estimate of drug-likeness (QED) is 0.0641. The molecule has 0 aliphatic carbocycles. The fraction of sp³-hybridized carbons (Fsp3) is 0.902. The van der Waals surface area contributed by atoms with Crippen LogP contribution in [0.4, 0.5) is 0 Å². The average Bonchev–Trinajstić information content (AvgIpc) is 3.49. The highest BCUT2D eigenvalue weighted by Crippen LogP contribution is 2.47. The van der Waals surface area contributed by atoms with Crippen LogP contribution in [0.1, 0.15) is 145 Å². The molecule has 0 aromatic heterocycles. The van der Waals surface area contributed by atoms with Gasteiger partial charge in [-0.25, -0.2) is 0 Å². The van der Waals surface area contributed by atoms with Crippen LogP contribution in [0.15, 0.2) is 0 Å². The van der Waals surface area contributed by atoms with Crippen molar-refractivity contribution in [3.05, 3.63) is 0 Å². The molecule has 2 saturated heterocycles. The maximum atomic E-state index is 14.0. The summed E-state index contributed by atoms with van der Waals surface area (Å²) in [5.74, 6) is -0.327. The largest absolute Gasteiger partial charge is 0.437 e. The molecule has 52 heavy (non-hydrogen) atoms. The Bertz CT molecular complexity index is 1190. The van der Waals surface area contributed by atoms with E-state index in [0.717, 1.165) is 82.7 Å². The van der Waals surface area contributed by atoms with Crippen molar-refractivity contribution in [3.63, 3.8) is 0 Å². The standard InChI is InChI=1S/C41H80N2O6Si3/c1-14-18-23-33(17-4)32-43-37(45)30-34(38(43)46)40(5,6)24-21-26-41(7,25-19-15-2)35-31-36(44)42(39(35)47)27-22-29-51(10,11)49-52(12,13)48-50(8,9)28-20-16-3/h33-35H,14-32H2,1-13H3. The minimum atomic E-state index is -2.30. The van der Waals surface area contributed by atoms with E-state index in [2.05, 4.69) is 87.7 Å². The van der Waals surface area contributed by atoms with Crippen LogP contribution < -0.4 is 0 Å². The first-order chi connectivity index (χ1) is 24.1. The minimum absolute atomic E-state index is 0.00126. The number of amides is 4. The van der Waals surface area contributed by atoms with Gasteiger partial charge in [0.15, 0.2) is 16.6 Å². The van der Waals surface area contributed by atoms with Crippen LogP contribution in [-0.4, -0.2) is 71.7 Å². The third-order valence-corrected chi connectivity index (χ3v) is 23.7. The Labute approximate surface area is 322 Å². The van der Waals surface area contributed by atoms with Crippen LogP contribution in [0, 0.1) is 28.6 Å². The van der Waals surface area contributed by atoms with Crippen molar-refractivity contribution in [1.82, 2.24) is 9.80 Å². The summed E-state index contributed by atoms with van der Waals surface area (Å²) >= 11 is 0.